The number of benzene rings is 2. The number of hydrogen-bond donors (Lipinski definition) is 2. The van der Waals surface area contributed by atoms with Gasteiger partial charge in [0, 0.05) is 18.4 Å². The fourth-order valence-corrected chi connectivity index (χ4v) is 2.22. The van der Waals surface area contributed by atoms with E-state index in [1.165, 1.54) is 7.11 Å². The number of rotatable bonds is 3. The van der Waals surface area contributed by atoms with Gasteiger partial charge < -0.3 is 15.4 Å². The molecule has 3 rings (SSSR count). The molecule has 3 aromatic rings. The fraction of sp³-hybridized carbons (Fsp3) is 0.125. The molecule has 1 heterocycles. The van der Waals surface area contributed by atoms with Crippen molar-refractivity contribution in [2.75, 3.05) is 17.7 Å². The SMILES string of the molecule is COC(=O)c1ccc(NC(=O)Nc2ccc3c(c2)nnn3C)cc1. The largest absolute Gasteiger partial charge is 0.465 e. The summed E-state index contributed by atoms with van der Waals surface area (Å²) in [6.07, 6.45) is 0. The Labute approximate surface area is 137 Å². The molecule has 0 atom stereocenters. The molecule has 2 N–H and O–H groups in total. The van der Waals surface area contributed by atoms with Crippen LogP contribution in [0.25, 0.3) is 11.0 Å². The summed E-state index contributed by atoms with van der Waals surface area (Å²) in [4.78, 5) is 23.4. The van der Waals surface area contributed by atoms with Crippen LogP contribution in [0.15, 0.2) is 42.5 Å². The van der Waals surface area contributed by atoms with Crippen molar-refractivity contribution in [2.45, 2.75) is 0 Å². The van der Waals surface area contributed by atoms with Gasteiger partial charge in [-0.05, 0) is 42.5 Å². The van der Waals surface area contributed by atoms with Crippen LogP contribution in [0.4, 0.5) is 16.2 Å². The number of anilines is 2. The second-order valence-electron chi connectivity index (χ2n) is 5.06. The number of hydrogen-bond acceptors (Lipinski definition) is 5. The monoisotopic (exact) mass is 325 g/mol. The fourth-order valence-electron chi connectivity index (χ4n) is 2.22. The highest BCUT2D eigenvalue weighted by Crippen LogP contribution is 2.17. The lowest BCUT2D eigenvalue weighted by Crippen LogP contribution is -2.19. The molecule has 0 aliphatic heterocycles. The normalized spacial score (nSPS) is 10.4. The van der Waals surface area contributed by atoms with Crippen molar-refractivity contribution in [1.82, 2.24) is 15.0 Å². The van der Waals surface area contributed by atoms with Crippen LogP contribution in [0.2, 0.25) is 0 Å². The van der Waals surface area contributed by atoms with Crippen molar-refractivity contribution in [2.24, 2.45) is 7.05 Å². The third-order valence-corrected chi connectivity index (χ3v) is 3.43. The van der Waals surface area contributed by atoms with E-state index < -0.39 is 12.0 Å². The molecule has 122 valence electrons. The molecular formula is C16H15N5O3. The minimum atomic E-state index is -0.428. The Morgan fingerprint density at radius 3 is 2.42 bits per heavy atom. The van der Waals surface area contributed by atoms with Crippen molar-refractivity contribution in [3.8, 4) is 0 Å². The van der Waals surface area contributed by atoms with Gasteiger partial charge in [0.05, 0.1) is 18.2 Å². The van der Waals surface area contributed by atoms with Crippen molar-refractivity contribution >= 4 is 34.4 Å². The van der Waals surface area contributed by atoms with Crippen LogP contribution >= 0.6 is 0 Å². The maximum atomic E-state index is 12.0. The topological polar surface area (TPSA) is 98.1 Å². The molecule has 0 bridgehead atoms. The molecule has 8 nitrogen and oxygen atoms in total. The van der Waals surface area contributed by atoms with Crippen LogP contribution in [0, 0.1) is 0 Å². The quantitative estimate of drug-likeness (QED) is 0.721. The van der Waals surface area contributed by atoms with Crippen LogP contribution in [-0.2, 0) is 11.8 Å². The van der Waals surface area contributed by atoms with E-state index in [1.807, 2.05) is 6.07 Å². The number of fused-ring (bicyclic) bond motifs is 1. The number of nitrogens with zero attached hydrogens (tertiary/aromatic N) is 3. The van der Waals surface area contributed by atoms with Gasteiger partial charge in [-0.2, -0.15) is 0 Å². The lowest BCUT2D eigenvalue weighted by atomic mass is 10.2. The summed E-state index contributed by atoms with van der Waals surface area (Å²) in [6.45, 7) is 0. The molecule has 0 unspecified atom stereocenters. The Hall–Kier alpha value is -3.42. The highest BCUT2D eigenvalue weighted by atomic mass is 16.5. The summed E-state index contributed by atoms with van der Waals surface area (Å²) in [5.74, 6) is -0.428. The Balaban J connectivity index is 1.67. The van der Waals surface area contributed by atoms with E-state index in [0.717, 1.165) is 5.52 Å². The molecule has 0 aliphatic rings. The number of ether oxygens (including phenoxy) is 1. The zero-order valence-corrected chi connectivity index (χ0v) is 13.1. The summed E-state index contributed by atoms with van der Waals surface area (Å²) in [7, 11) is 3.11. The molecule has 24 heavy (non-hydrogen) atoms. The van der Waals surface area contributed by atoms with Crippen LogP contribution < -0.4 is 10.6 Å². The Bertz CT molecular complexity index is 902. The first-order valence-corrected chi connectivity index (χ1v) is 7.12. The zero-order chi connectivity index (χ0) is 17.1. The molecule has 2 aromatic carbocycles. The minimum Gasteiger partial charge on any atom is -0.465 e. The molecule has 8 heteroatoms. The van der Waals surface area contributed by atoms with E-state index >= 15 is 0 Å². The molecule has 0 saturated carbocycles. The van der Waals surface area contributed by atoms with E-state index in [4.69, 9.17) is 0 Å². The summed E-state index contributed by atoms with van der Waals surface area (Å²) in [5.41, 5.74) is 3.14. The number of carbonyl (C=O) groups excluding carboxylic acids is 2. The third kappa shape index (κ3) is 3.17. The molecular weight excluding hydrogens is 310 g/mol. The van der Waals surface area contributed by atoms with Crippen molar-refractivity contribution in [1.29, 1.82) is 0 Å². The predicted octanol–water partition coefficient (Wildman–Crippen LogP) is 2.40. The van der Waals surface area contributed by atoms with Gasteiger partial charge in [-0.1, -0.05) is 5.21 Å². The van der Waals surface area contributed by atoms with Crippen molar-refractivity contribution in [3.05, 3.63) is 48.0 Å². The first-order chi connectivity index (χ1) is 11.6. The Kier molecular flexibility index (Phi) is 4.11. The van der Waals surface area contributed by atoms with Crippen LogP contribution in [0.3, 0.4) is 0 Å². The average molecular weight is 325 g/mol. The first kappa shape index (κ1) is 15.5. The number of aromatic nitrogens is 3. The summed E-state index contributed by atoms with van der Waals surface area (Å²) >= 11 is 0. The molecule has 0 spiro atoms. The minimum absolute atomic E-state index is 0.399. The van der Waals surface area contributed by atoms with Gasteiger partial charge >= 0.3 is 12.0 Å². The summed E-state index contributed by atoms with van der Waals surface area (Å²) in [5, 5.41) is 13.3. The van der Waals surface area contributed by atoms with Crippen molar-refractivity contribution in [3.63, 3.8) is 0 Å². The highest BCUT2D eigenvalue weighted by Gasteiger charge is 2.08. The van der Waals surface area contributed by atoms with Gasteiger partial charge in [0.1, 0.15) is 5.52 Å². The Morgan fingerprint density at radius 2 is 1.71 bits per heavy atom. The van der Waals surface area contributed by atoms with E-state index in [2.05, 4.69) is 25.7 Å². The maximum Gasteiger partial charge on any atom is 0.337 e. The van der Waals surface area contributed by atoms with Crippen LogP contribution in [0.5, 0.6) is 0 Å². The molecule has 2 amide bonds. The highest BCUT2D eigenvalue weighted by molar-refractivity contribution is 6.01. The van der Waals surface area contributed by atoms with Crippen LogP contribution in [0.1, 0.15) is 10.4 Å². The van der Waals surface area contributed by atoms with Gasteiger partial charge in [0.15, 0.2) is 0 Å². The Morgan fingerprint density at radius 1 is 1.04 bits per heavy atom. The molecule has 0 saturated heterocycles. The van der Waals surface area contributed by atoms with Crippen molar-refractivity contribution < 1.29 is 14.3 Å². The summed E-state index contributed by atoms with van der Waals surface area (Å²) in [6, 6.07) is 11.3. The number of carbonyl (C=O) groups is 2. The lowest BCUT2D eigenvalue weighted by molar-refractivity contribution is 0.0601. The second-order valence-corrected chi connectivity index (χ2v) is 5.06. The smallest absolute Gasteiger partial charge is 0.337 e. The standard InChI is InChI=1S/C16H15N5O3/c1-21-14-8-7-12(9-13(14)19-20-21)18-16(23)17-11-5-3-10(4-6-11)15(22)24-2/h3-9H,1-2H3,(H2,17,18,23). The summed E-state index contributed by atoms with van der Waals surface area (Å²) < 4.78 is 6.28. The zero-order valence-electron chi connectivity index (χ0n) is 13.1. The lowest BCUT2D eigenvalue weighted by Gasteiger charge is -2.08. The number of nitrogens with one attached hydrogen (secondary N) is 2. The predicted molar refractivity (Wildman–Crippen MR) is 88.9 cm³/mol. The molecule has 1 aromatic heterocycles. The number of esters is 1. The first-order valence-electron chi connectivity index (χ1n) is 7.12. The molecule has 0 radical (unpaired) electrons. The number of methoxy groups -OCH3 is 1. The van der Waals surface area contributed by atoms with E-state index in [1.54, 1.807) is 48.1 Å². The maximum absolute atomic E-state index is 12.0. The number of amides is 2. The van der Waals surface area contributed by atoms with Gasteiger partial charge in [-0.25, -0.2) is 14.3 Å². The number of aryl methyl sites for hydroxylation is 1. The van der Waals surface area contributed by atoms with Gasteiger partial charge in [0.2, 0.25) is 0 Å². The van der Waals surface area contributed by atoms with Gasteiger partial charge in [0.25, 0.3) is 0 Å². The molecule has 0 aliphatic carbocycles. The van der Waals surface area contributed by atoms with E-state index in [-0.39, 0.29) is 0 Å². The van der Waals surface area contributed by atoms with Crippen LogP contribution in [-0.4, -0.2) is 34.1 Å². The third-order valence-electron chi connectivity index (χ3n) is 3.43. The van der Waals surface area contributed by atoms with Gasteiger partial charge in [-0.3, -0.25) is 0 Å². The van der Waals surface area contributed by atoms with E-state index in [0.29, 0.717) is 22.5 Å². The second kappa shape index (κ2) is 6.37. The molecule has 0 fully saturated rings. The average Bonchev–Trinajstić information content (AvgIpc) is 2.95. The van der Waals surface area contributed by atoms with E-state index in [9.17, 15) is 9.59 Å². The number of urea groups is 1. The van der Waals surface area contributed by atoms with Gasteiger partial charge in [-0.15, -0.1) is 5.10 Å².